The molecule has 1 aliphatic rings. The number of carbonyl (C=O) groups is 1. The molecule has 1 unspecified atom stereocenters. The highest BCUT2D eigenvalue weighted by atomic mass is 16.4. The quantitative estimate of drug-likeness (QED) is 0.548. The molecule has 0 aromatic rings. The lowest BCUT2D eigenvalue weighted by Gasteiger charge is -2.32. The number of oxime groups is 1. The van der Waals surface area contributed by atoms with Crippen molar-refractivity contribution in [3.63, 3.8) is 0 Å². The molecule has 1 amide bonds. The Morgan fingerprint density at radius 1 is 1.69 bits per heavy atom. The van der Waals surface area contributed by atoms with Gasteiger partial charge in [-0.1, -0.05) is 12.1 Å². The molecule has 1 atom stereocenters. The van der Waals surface area contributed by atoms with Gasteiger partial charge in [0.05, 0.1) is 5.71 Å². The van der Waals surface area contributed by atoms with Gasteiger partial charge in [-0.2, -0.15) is 0 Å². The van der Waals surface area contributed by atoms with Crippen LogP contribution in [-0.2, 0) is 4.79 Å². The number of nitrogens with one attached hydrogen (secondary N) is 1. The lowest BCUT2D eigenvalue weighted by atomic mass is 9.93. The van der Waals surface area contributed by atoms with E-state index in [0.717, 1.165) is 38.2 Å². The number of rotatable bonds is 4. The van der Waals surface area contributed by atoms with E-state index in [4.69, 9.17) is 5.21 Å². The van der Waals surface area contributed by atoms with Crippen molar-refractivity contribution < 1.29 is 10.0 Å². The van der Waals surface area contributed by atoms with Crippen molar-refractivity contribution >= 4 is 11.6 Å². The van der Waals surface area contributed by atoms with Crippen molar-refractivity contribution in [2.75, 3.05) is 26.7 Å². The maximum absolute atomic E-state index is 11.1. The molecule has 0 aromatic heterocycles. The van der Waals surface area contributed by atoms with Crippen LogP contribution in [-0.4, -0.2) is 48.4 Å². The summed E-state index contributed by atoms with van der Waals surface area (Å²) in [6.45, 7) is 4.66. The minimum Gasteiger partial charge on any atom is -0.411 e. The number of hydrogen-bond donors (Lipinski definition) is 2. The molecule has 1 fully saturated rings. The number of amides is 1. The molecule has 0 spiro atoms. The SMILES string of the molecule is CCC1CN(CCC(=O)NC)CCC1=NO. The van der Waals surface area contributed by atoms with Gasteiger partial charge in [0.25, 0.3) is 0 Å². The Kier molecular flexibility index (Phi) is 5.25. The van der Waals surface area contributed by atoms with Gasteiger partial charge in [0.2, 0.25) is 5.91 Å². The van der Waals surface area contributed by atoms with Gasteiger partial charge < -0.3 is 15.4 Å². The first-order valence-corrected chi connectivity index (χ1v) is 5.85. The predicted octanol–water partition coefficient (Wildman–Crippen LogP) is 0.685. The van der Waals surface area contributed by atoms with Crippen LogP contribution in [0.5, 0.6) is 0 Å². The van der Waals surface area contributed by atoms with Gasteiger partial charge in [0.1, 0.15) is 0 Å². The molecule has 2 N–H and O–H groups in total. The van der Waals surface area contributed by atoms with Crippen molar-refractivity contribution in [2.45, 2.75) is 26.2 Å². The molecule has 0 bridgehead atoms. The van der Waals surface area contributed by atoms with Gasteiger partial charge in [-0.15, -0.1) is 0 Å². The lowest BCUT2D eigenvalue weighted by Crippen LogP contribution is -2.42. The lowest BCUT2D eigenvalue weighted by molar-refractivity contribution is -0.120. The summed E-state index contributed by atoms with van der Waals surface area (Å²) in [7, 11) is 1.66. The molecule has 1 rings (SSSR count). The molecule has 0 aliphatic carbocycles. The Balaban J connectivity index is 2.39. The molecule has 0 radical (unpaired) electrons. The van der Waals surface area contributed by atoms with E-state index < -0.39 is 0 Å². The van der Waals surface area contributed by atoms with Crippen LogP contribution in [0.1, 0.15) is 26.2 Å². The Labute approximate surface area is 96.5 Å². The van der Waals surface area contributed by atoms with Gasteiger partial charge in [-0.25, -0.2) is 0 Å². The topological polar surface area (TPSA) is 64.9 Å². The second kappa shape index (κ2) is 6.48. The monoisotopic (exact) mass is 227 g/mol. The third-order valence-corrected chi connectivity index (χ3v) is 3.19. The first kappa shape index (κ1) is 13.0. The molecule has 1 heterocycles. The first-order valence-electron chi connectivity index (χ1n) is 5.85. The molecule has 16 heavy (non-hydrogen) atoms. The highest BCUT2D eigenvalue weighted by molar-refractivity contribution is 5.87. The number of carbonyl (C=O) groups excluding carboxylic acids is 1. The van der Waals surface area contributed by atoms with Crippen molar-refractivity contribution in [3.8, 4) is 0 Å². The molecule has 0 saturated carbocycles. The van der Waals surface area contributed by atoms with Gasteiger partial charge in [0, 0.05) is 45.4 Å². The molecule has 0 aromatic carbocycles. The smallest absolute Gasteiger partial charge is 0.221 e. The summed E-state index contributed by atoms with van der Waals surface area (Å²) in [5, 5.41) is 14.8. The van der Waals surface area contributed by atoms with E-state index in [1.54, 1.807) is 7.05 Å². The molecule has 1 aliphatic heterocycles. The van der Waals surface area contributed by atoms with Crippen LogP contribution in [0.25, 0.3) is 0 Å². The Hall–Kier alpha value is -1.10. The normalized spacial score (nSPS) is 24.6. The maximum Gasteiger partial charge on any atom is 0.221 e. The van der Waals surface area contributed by atoms with Crippen molar-refractivity contribution in [1.29, 1.82) is 0 Å². The van der Waals surface area contributed by atoms with E-state index in [-0.39, 0.29) is 5.91 Å². The third kappa shape index (κ3) is 3.48. The van der Waals surface area contributed by atoms with Crippen LogP contribution in [0.3, 0.4) is 0 Å². The van der Waals surface area contributed by atoms with E-state index in [2.05, 4.69) is 22.3 Å². The zero-order valence-corrected chi connectivity index (χ0v) is 10.1. The molecular formula is C11H21N3O2. The van der Waals surface area contributed by atoms with Crippen molar-refractivity contribution in [2.24, 2.45) is 11.1 Å². The van der Waals surface area contributed by atoms with Crippen LogP contribution in [0.15, 0.2) is 5.16 Å². The minimum absolute atomic E-state index is 0.0784. The maximum atomic E-state index is 11.1. The van der Waals surface area contributed by atoms with E-state index >= 15 is 0 Å². The van der Waals surface area contributed by atoms with Gasteiger partial charge in [-0.3, -0.25) is 4.79 Å². The summed E-state index contributed by atoms with van der Waals surface area (Å²) >= 11 is 0. The average Bonchev–Trinajstić information content (AvgIpc) is 2.35. The zero-order valence-electron chi connectivity index (χ0n) is 10.1. The number of piperidine rings is 1. The fraction of sp³-hybridized carbons (Fsp3) is 0.818. The molecule has 1 saturated heterocycles. The van der Waals surface area contributed by atoms with E-state index in [1.807, 2.05) is 0 Å². The second-order valence-corrected chi connectivity index (χ2v) is 4.17. The highest BCUT2D eigenvalue weighted by Crippen LogP contribution is 2.17. The zero-order chi connectivity index (χ0) is 12.0. The molecule has 92 valence electrons. The fourth-order valence-corrected chi connectivity index (χ4v) is 2.07. The summed E-state index contributed by atoms with van der Waals surface area (Å²) in [5.41, 5.74) is 0.902. The summed E-state index contributed by atoms with van der Waals surface area (Å²) in [6, 6.07) is 0. The standard InChI is InChI=1S/C11H21N3O2/c1-3-9-8-14(6-4-10(9)13-16)7-5-11(15)12-2/h9,16H,3-8H2,1-2H3,(H,12,15). The summed E-state index contributed by atoms with van der Waals surface area (Å²) < 4.78 is 0. The first-order chi connectivity index (χ1) is 7.71. The van der Waals surface area contributed by atoms with Crippen molar-refractivity contribution in [1.82, 2.24) is 10.2 Å². The number of nitrogens with zero attached hydrogens (tertiary/aromatic N) is 2. The second-order valence-electron chi connectivity index (χ2n) is 4.17. The largest absolute Gasteiger partial charge is 0.411 e. The summed E-state index contributed by atoms with van der Waals surface area (Å²) in [5.74, 6) is 0.415. The third-order valence-electron chi connectivity index (χ3n) is 3.19. The Morgan fingerprint density at radius 2 is 2.44 bits per heavy atom. The fourth-order valence-electron chi connectivity index (χ4n) is 2.07. The summed E-state index contributed by atoms with van der Waals surface area (Å²) in [6.07, 6.45) is 2.33. The van der Waals surface area contributed by atoms with Crippen LogP contribution < -0.4 is 5.32 Å². The number of hydrogen-bond acceptors (Lipinski definition) is 4. The van der Waals surface area contributed by atoms with Crippen LogP contribution >= 0.6 is 0 Å². The van der Waals surface area contributed by atoms with E-state index in [1.165, 1.54) is 0 Å². The minimum atomic E-state index is 0.0784. The van der Waals surface area contributed by atoms with Gasteiger partial charge in [-0.05, 0) is 6.42 Å². The van der Waals surface area contributed by atoms with E-state index in [0.29, 0.717) is 12.3 Å². The highest BCUT2D eigenvalue weighted by Gasteiger charge is 2.24. The van der Waals surface area contributed by atoms with Crippen LogP contribution in [0.2, 0.25) is 0 Å². The predicted molar refractivity (Wildman–Crippen MR) is 62.7 cm³/mol. The van der Waals surface area contributed by atoms with Crippen molar-refractivity contribution in [3.05, 3.63) is 0 Å². The van der Waals surface area contributed by atoms with Gasteiger partial charge >= 0.3 is 0 Å². The number of likely N-dealkylation sites (tertiary alicyclic amines) is 1. The Morgan fingerprint density at radius 3 is 3.00 bits per heavy atom. The molecule has 5 heteroatoms. The van der Waals surface area contributed by atoms with Crippen LogP contribution in [0, 0.1) is 5.92 Å². The molecule has 5 nitrogen and oxygen atoms in total. The summed E-state index contributed by atoms with van der Waals surface area (Å²) in [4.78, 5) is 13.4. The van der Waals surface area contributed by atoms with E-state index in [9.17, 15) is 4.79 Å². The average molecular weight is 227 g/mol. The van der Waals surface area contributed by atoms with Crippen LogP contribution in [0.4, 0.5) is 0 Å². The Bertz CT molecular complexity index is 266. The van der Waals surface area contributed by atoms with Gasteiger partial charge in [0.15, 0.2) is 0 Å². The molecular weight excluding hydrogens is 206 g/mol.